The summed E-state index contributed by atoms with van der Waals surface area (Å²) in [6, 6.07) is 13.8. The zero-order valence-electron chi connectivity index (χ0n) is 17.6. The van der Waals surface area contributed by atoms with Crippen molar-refractivity contribution in [2.24, 2.45) is 5.41 Å². The molecule has 150 valence electrons. The van der Waals surface area contributed by atoms with E-state index >= 15 is 0 Å². The molecule has 1 aromatic heterocycles. The van der Waals surface area contributed by atoms with Gasteiger partial charge in [0.05, 0.1) is 0 Å². The van der Waals surface area contributed by atoms with Gasteiger partial charge in [0.25, 0.3) is 0 Å². The molecule has 0 spiro atoms. The van der Waals surface area contributed by atoms with Gasteiger partial charge < -0.3 is 9.80 Å². The minimum atomic E-state index is -1.12. The predicted molar refractivity (Wildman–Crippen MR) is 111 cm³/mol. The number of carbonyl (C=O) groups excluding carboxylic acids is 2. The Balaban J connectivity index is 2.08. The highest BCUT2D eigenvalue weighted by Crippen LogP contribution is 2.25. The number of rotatable bonds is 8. The van der Waals surface area contributed by atoms with E-state index in [2.05, 4.69) is 4.98 Å². The van der Waals surface area contributed by atoms with Gasteiger partial charge in [-0.25, -0.2) is 0 Å². The van der Waals surface area contributed by atoms with Crippen LogP contribution < -0.4 is 0 Å². The molecule has 5 nitrogen and oxygen atoms in total. The van der Waals surface area contributed by atoms with E-state index in [-0.39, 0.29) is 17.9 Å². The van der Waals surface area contributed by atoms with E-state index in [1.165, 1.54) is 0 Å². The number of benzene rings is 1. The molecule has 0 aliphatic carbocycles. The first kappa shape index (κ1) is 21.6. The third-order valence-corrected chi connectivity index (χ3v) is 4.98. The quantitative estimate of drug-likeness (QED) is 0.657. The molecule has 0 bridgehead atoms. The third kappa shape index (κ3) is 5.41. The fourth-order valence-electron chi connectivity index (χ4n) is 3.14. The first-order chi connectivity index (χ1) is 13.2. The van der Waals surface area contributed by atoms with Gasteiger partial charge in [-0.05, 0) is 57.4 Å². The van der Waals surface area contributed by atoms with Crippen molar-refractivity contribution < 1.29 is 9.59 Å². The van der Waals surface area contributed by atoms with E-state index < -0.39 is 5.41 Å². The molecule has 1 aromatic carbocycles. The Morgan fingerprint density at radius 3 is 2.14 bits per heavy atom. The molecular weight excluding hydrogens is 350 g/mol. The zero-order chi connectivity index (χ0) is 20.7. The van der Waals surface area contributed by atoms with Gasteiger partial charge in [0.15, 0.2) is 0 Å². The molecular formula is C23H31N3O2. The van der Waals surface area contributed by atoms with Gasteiger partial charge in [-0.15, -0.1) is 0 Å². The van der Waals surface area contributed by atoms with E-state index in [0.717, 1.165) is 17.5 Å². The molecule has 0 atom stereocenters. The molecule has 28 heavy (non-hydrogen) atoms. The van der Waals surface area contributed by atoms with Gasteiger partial charge in [-0.2, -0.15) is 0 Å². The minimum Gasteiger partial charge on any atom is -0.345 e. The molecule has 2 aromatic rings. The molecule has 0 N–H and O–H groups in total. The summed E-state index contributed by atoms with van der Waals surface area (Å²) < 4.78 is 0. The summed E-state index contributed by atoms with van der Waals surface area (Å²) in [5.41, 5.74) is 1.05. The van der Waals surface area contributed by atoms with E-state index in [4.69, 9.17) is 0 Å². The van der Waals surface area contributed by atoms with Gasteiger partial charge in [0.2, 0.25) is 11.8 Å². The third-order valence-electron chi connectivity index (χ3n) is 4.98. The predicted octanol–water partition coefficient (Wildman–Crippen LogP) is 3.55. The highest BCUT2D eigenvalue weighted by Gasteiger charge is 2.41. The maximum absolute atomic E-state index is 13.3. The Kier molecular flexibility index (Phi) is 7.32. The van der Waals surface area contributed by atoms with Crippen LogP contribution in [0.4, 0.5) is 0 Å². The summed E-state index contributed by atoms with van der Waals surface area (Å²) in [5, 5.41) is 0. The van der Waals surface area contributed by atoms with Gasteiger partial charge in [0.1, 0.15) is 5.41 Å². The second-order valence-corrected chi connectivity index (χ2v) is 7.97. The SMILES string of the molecule is CC(C)N(Cc1ccccc1)C(=O)C(C)(C)C(=O)N(C)CCc1ccncc1. The average molecular weight is 382 g/mol. The topological polar surface area (TPSA) is 53.5 Å². The smallest absolute Gasteiger partial charge is 0.238 e. The fourth-order valence-corrected chi connectivity index (χ4v) is 3.14. The monoisotopic (exact) mass is 381 g/mol. The molecule has 0 unspecified atom stereocenters. The van der Waals surface area contributed by atoms with Crippen LogP contribution in [0.15, 0.2) is 54.9 Å². The summed E-state index contributed by atoms with van der Waals surface area (Å²) in [5.74, 6) is -0.308. The Hall–Kier alpha value is -2.69. The van der Waals surface area contributed by atoms with E-state index in [0.29, 0.717) is 13.1 Å². The average Bonchev–Trinajstić information content (AvgIpc) is 2.70. The first-order valence-electron chi connectivity index (χ1n) is 9.73. The number of hydrogen-bond donors (Lipinski definition) is 0. The Bertz CT molecular complexity index is 773. The second-order valence-electron chi connectivity index (χ2n) is 7.97. The fraction of sp³-hybridized carbons (Fsp3) is 0.435. The van der Waals surface area contributed by atoms with Crippen molar-refractivity contribution in [3.05, 3.63) is 66.0 Å². The molecule has 0 saturated carbocycles. The standard InChI is InChI=1S/C23H31N3O2/c1-18(2)26(17-20-9-7-6-8-10-20)22(28)23(3,4)21(27)25(5)16-13-19-11-14-24-15-12-19/h6-12,14-15,18H,13,16-17H2,1-5H3. The van der Waals surface area contributed by atoms with Crippen molar-refractivity contribution in [2.45, 2.75) is 46.7 Å². The van der Waals surface area contributed by atoms with E-state index in [1.54, 1.807) is 43.1 Å². The van der Waals surface area contributed by atoms with Crippen LogP contribution in [0.1, 0.15) is 38.8 Å². The minimum absolute atomic E-state index is 0.00176. The summed E-state index contributed by atoms with van der Waals surface area (Å²) >= 11 is 0. The van der Waals surface area contributed by atoms with Crippen LogP contribution in [0.5, 0.6) is 0 Å². The van der Waals surface area contributed by atoms with Gasteiger partial charge in [-0.1, -0.05) is 30.3 Å². The molecule has 5 heteroatoms. The molecule has 2 amide bonds. The van der Waals surface area contributed by atoms with Gasteiger partial charge in [-0.3, -0.25) is 14.6 Å². The molecule has 0 saturated heterocycles. The Labute approximate surface area is 168 Å². The molecule has 0 fully saturated rings. The van der Waals surface area contributed by atoms with Crippen LogP contribution in [0.25, 0.3) is 0 Å². The summed E-state index contributed by atoms with van der Waals surface area (Å²) in [6.07, 6.45) is 4.22. The van der Waals surface area contributed by atoms with E-state index in [1.807, 2.05) is 56.3 Å². The molecule has 0 radical (unpaired) electrons. The number of pyridine rings is 1. The zero-order valence-corrected chi connectivity index (χ0v) is 17.6. The Morgan fingerprint density at radius 1 is 0.964 bits per heavy atom. The summed E-state index contributed by atoms with van der Waals surface area (Å²) in [4.78, 5) is 33.8. The molecule has 1 heterocycles. The van der Waals surface area contributed by atoms with Crippen LogP contribution in [0.2, 0.25) is 0 Å². The lowest BCUT2D eigenvalue weighted by atomic mass is 9.88. The van der Waals surface area contributed by atoms with Crippen molar-refractivity contribution in [3.63, 3.8) is 0 Å². The largest absolute Gasteiger partial charge is 0.345 e. The van der Waals surface area contributed by atoms with Crippen LogP contribution in [0.3, 0.4) is 0 Å². The number of likely N-dealkylation sites (N-methyl/N-ethyl adjacent to an activating group) is 1. The number of nitrogens with zero attached hydrogens (tertiary/aromatic N) is 3. The normalized spacial score (nSPS) is 11.4. The maximum Gasteiger partial charge on any atom is 0.238 e. The molecule has 2 rings (SSSR count). The summed E-state index contributed by atoms with van der Waals surface area (Å²) in [7, 11) is 1.76. The van der Waals surface area contributed by atoms with E-state index in [9.17, 15) is 9.59 Å². The Morgan fingerprint density at radius 2 is 1.57 bits per heavy atom. The van der Waals surface area contributed by atoms with Crippen LogP contribution in [0, 0.1) is 5.41 Å². The highest BCUT2D eigenvalue weighted by molar-refractivity contribution is 6.04. The number of hydrogen-bond acceptors (Lipinski definition) is 3. The van der Waals surface area contributed by atoms with Gasteiger partial charge in [0, 0.05) is 38.6 Å². The van der Waals surface area contributed by atoms with Crippen molar-refractivity contribution >= 4 is 11.8 Å². The van der Waals surface area contributed by atoms with Crippen LogP contribution in [-0.2, 0) is 22.6 Å². The van der Waals surface area contributed by atoms with Crippen molar-refractivity contribution in [3.8, 4) is 0 Å². The number of carbonyl (C=O) groups is 2. The highest BCUT2D eigenvalue weighted by atomic mass is 16.2. The van der Waals surface area contributed by atoms with Gasteiger partial charge >= 0.3 is 0 Å². The van der Waals surface area contributed by atoms with Crippen molar-refractivity contribution in [1.82, 2.24) is 14.8 Å². The molecule has 0 aliphatic heterocycles. The molecule has 0 aliphatic rings. The second kappa shape index (κ2) is 9.49. The lowest BCUT2D eigenvalue weighted by Gasteiger charge is -2.36. The number of amides is 2. The van der Waals surface area contributed by atoms with Crippen LogP contribution in [-0.4, -0.2) is 46.2 Å². The van der Waals surface area contributed by atoms with Crippen molar-refractivity contribution in [2.75, 3.05) is 13.6 Å². The lowest BCUT2D eigenvalue weighted by molar-refractivity contribution is -0.154. The maximum atomic E-state index is 13.3. The lowest BCUT2D eigenvalue weighted by Crippen LogP contribution is -2.51. The van der Waals surface area contributed by atoms with Crippen molar-refractivity contribution in [1.29, 1.82) is 0 Å². The number of aromatic nitrogens is 1. The summed E-state index contributed by atoms with van der Waals surface area (Å²) in [6.45, 7) is 8.46. The van der Waals surface area contributed by atoms with Crippen LogP contribution >= 0.6 is 0 Å². The first-order valence-corrected chi connectivity index (χ1v) is 9.73.